The van der Waals surface area contributed by atoms with E-state index in [4.69, 9.17) is 0 Å². The molecule has 2 heteroatoms. The minimum absolute atomic E-state index is 0.322. The predicted octanol–water partition coefficient (Wildman–Crippen LogP) is 4.27. The van der Waals surface area contributed by atoms with E-state index >= 15 is 0 Å². The molecule has 2 aliphatic heterocycles. The molecule has 0 fully saturated rings. The van der Waals surface area contributed by atoms with Gasteiger partial charge in [0.15, 0.2) is 0 Å². The van der Waals surface area contributed by atoms with E-state index in [1.165, 1.54) is 50.1 Å². The summed E-state index contributed by atoms with van der Waals surface area (Å²) < 4.78 is 0. The first-order chi connectivity index (χ1) is 13.3. The van der Waals surface area contributed by atoms with E-state index < -0.39 is 0 Å². The quantitative estimate of drug-likeness (QED) is 0.403. The molecule has 27 heavy (non-hydrogen) atoms. The second kappa shape index (κ2) is 5.37. The van der Waals surface area contributed by atoms with Gasteiger partial charge in [0.1, 0.15) is 0 Å². The molecule has 0 atom stereocenters. The standard InChI is InChI=1S/C25H18BN/c1-17-14-15-22-24(16-17)27(18-8-3-2-4-9-18)23-13-7-11-20-19-10-5-6-12-21(19)26(22)25(20)23/h2-16H,1H3. The largest absolute Gasteiger partial charge is 0.311 e. The van der Waals surface area contributed by atoms with Gasteiger partial charge in [-0.2, -0.15) is 0 Å². The lowest BCUT2D eigenvalue weighted by molar-refractivity contribution is 1.28. The van der Waals surface area contributed by atoms with Crippen LogP contribution in [0.4, 0.5) is 17.1 Å². The van der Waals surface area contributed by atoms with Crippen LogP contribution < -0.4 is 21.3 Å². The van der Waals surface area contributed by atoms with Gasteiger partial charge in [-0.05, 0) is 58.8 Å². The first-order valence-electron chi connectivity index (χ1n) is 9.51. The van der Waals surface area contributed by atoms with E-state index in [0.29, 0.717) is 6.71 Å². The first-order valence-corrected chi connectivity index (χ1v) is 9.51. The van der Waals surface area contributed by atoms with E-state index in [-0.39, 0.29) is 0 Å². The van der Waals surface area contributed by atoms with Gasteiger partial charge in [-0.3, -0.25) is 0 Å². The highest BCUT2D eigenvalue weighted by Crippen LogP contribution is 2.40. The lowest BCUT2D eigenvalue weighted by Gasteiger charge is -2.36. The van der Waals surface area contributed by atoms with Gasteiger partial charge in [0, 0.05) is 17.1 Å². The molecule has 0 spiro atoms. The summed E-state index contributed by atoms with van der Waals surface area (Å²) in [6.45, 7) is 2.50. The van der Waals surface area contributed by atoms with Gasteiger partial charge < -0.3 is 4.90 Å². The minimum atomic E-state index is 0.322. The molecule has 0 amide bonds. The zero-order valence-electron chi connectivity index (χ0n) is 15.2. The smallest absolute Gasteiger partial charge is 0.248 e. The molecule has 0 saturated heterocycles. The average Bonchev–Trinajstić information content (AvgIpc) is 3.05. The second-order valence-corrected chi connectivity index (χ2v) is 7.49. The summed E-state index contributed by atoms with van der Waals surface area (Å²) in [5, 5.41) is 0. The van der Waals surface area contributed by atoms with Crippen molar-refractivity contribution >= 4 is 40.2 Å². The number of nitrogens with zero attached hydrogens (tertiary/aromatic N) is 1. The highest BCUT2D eigenvalue weighted by molar-refractivity contribution is 7.01. The monoisotopic (exact) mass is 343 g/mol. The molecule has 0 saturated carbocycles. The SMILES string of the molecule is Cc1ccc2c(c1)N(c1ccccc1)c1cccc3c1B2c1ccccc1-3. The van der Waals surface area contributed by atoms with Crippen molar-refractivity contribution in [1.29, 1.82) is 0 Å². The fourth-order valence-corrected chi connectivity index (χ4v) is 4.84. The molecule has 0 aromatic heterocycles. The van der Waals surface area contributed by atoms with Crippen molar-refractivity contribution in [3.63, 3.8) is 0 Å². The Kier molecular flexibility index (Phi) is 2.96. The molecular formula is C25H18BN. The van der Waals surface area contributed by atoms with Gasteiger partial charge in [0.25, 0.3) is 0 Å². The summed E-state index contributed by atoms with van der Waals surface area (Å²) in [6, 6.07) is 33.3. The van der Waals surface area contributed by atoms with Crippen molar-refractivity contribution in [2.45, 2.75) is 6.92 Å². The third-order valence-electron chi connectivity index (χ3n) is 5.93. The first kappa shape index (κ1) is 14.9. The maximum Gasteiger partial charge on any atom is 0.248 e. The van der Waals surface area contributed by atoms with E-state index in [9.17, 15) is 0 Å². The molecule has 0 aliphatic carbocycles. The van der Waals surface area contributed by atoms with Crippen LogP contribution in [0.3, 0.4) is 0 Å². The third kappa shape index (κ3) is 1.96. The Morgan fingerprint density at radius 1 is 0.630 bits per heavy atom. The number of fused-ring (bicyclic) bond motifs is 5. The fourth-order valence-electron chi connectivity index (χ4n) is 4.84. The van der Waals surface area contributed by atoms with Crippen LogP contribution in [-0.2, 0) is 0 Å². The van der Waals surface area contributed by atoms with Crippen molar-refractivity contribution in [2.24, 2.45) is 0 Å². The Hall–Kier alpha value is -3.26. The average molecular weight is 343 g/mol. The van der Waals surface area contributed by atoms with Gasteiger partial charge in [0.05, 0.1) is 0 Å². The van der Waals surface area contributed by atoms with Crippen LogP contribution in [0.25, 0.3) is 11.1 Å². The summed E-state index contributed by atoms with van der Waals surface area (Å²) in [6.07, 6.45) is 0. The van der Waals surface area contributed by atoms with E-state index in [1.54, 1.807) is 0 Å². The topological polar surface area (TPSA) is 3.24 Å². The van der Waals surface area contributed by atoms with Crippen LogP contribution in [0.5, 0.6) is 0 Å². The van der Waals surface area contributed by atoms with Gasteiger partial charge in [0.2, 0.25) is 6.71 Å². The molecule has 0 N–H and O–H groups in total. The summed E-state index contributed by atoms with van der Waals surface area (Å²) >= 11 is 0. The lowest BCUT2D eigenvalue weighted by atomic mass is 9.37. The molecule has 4 aromatic carbocycles. The number of hydrogen-bond donors (Lipinski definition) is 0. The van der Waals surface area contributed by atoms with Gasteiger partial charge in [-0.15, -0.1) is 0 Å². The summed E-state index contributed by atoms with van der Waals surface area (Å²) in [4.78, 5) is 2.43. The van der Waals surface area contributed by atoms with Crippen LogP contribution in [0.15, 0.2) is 91.0 Å². The molecule has 4 aromatic rings. The molecule has 6 rings (SSSR count). The Morgan fingerprint density at radius 2 is 1.41 bits per heavy atom. The Bertz CT molecular complexity index is 1200. The van der Waals surface area contributed by atoms with Crippen molar-refractivity contribution in [2.75, 3.05) is 4.90 Å². The molecule has 1 nitrogen and oxygen atoms in total. The molecule has 2 heterocycles. The summed E-state index contributed by atoms with van der Waals surface area (Å²) in [5.74, 6) is 0. The van der Waals surface area contributed by atoms with Crippen LogP contribution in [0.2, 0.25) is 0 Å². The van der Waals surface area contributed by atoms with Crippen molar-refractivity contribution in [3.8, 4) is 11.1 Å². The van der Waals surface area contributed by atoms with Gasteiger partial charge in [-0.25, -0.2) is 0 Å². The highest BCUT2D eigenvalue weighted by atomic mass is 15.1. The Balaban J connectivity index is 1.74. The Labute approximate surface area is 160 Å². The summed E-state index contributed by atoms with van der Waals surface area (Å²) in [7, 11) is 0. The predicted molar refractivity (Wildman–Crippen MR) is 116 cm³/mol. The zero-order valence-corrected chi connectivity index (χ0v) is 15.2. The molecule has 126 valence electrons. The number of hydrogen-bond acceptors (Lipinski definition) is 1. The van der Waals surface area contributed by atoms with Crippen molar-refractivity contribution in [1.82, 2.24) is 0 Å². The lowest BCUT2D eigenvalue weighted by Crippen LogP contribution is -2.54. The molecule has 0 unspecified atom stereocenters. The van der Waals surface area contributed by atoms with Crippen LogP contribution in [0.1, 0.15) is 5.56 Å². The second-order valence-electron chi connectivity index (χ2n) is 7.49. The maximum atomic E-state index is 2.43. The fraction of sp³-hybridized carbons (Fsp3) is 0.0400. The minimum Gasteiger partial charge on any atom is -0.311 e. The molecular weight excluding hydrogens is 325 g/mol. The number of rotatable bonds is 1. The Morgan fingerprint density at radius 3 is 2.30 bits per heavy atom. The highest BCUT2D eigenvalue weighted by Gasteiger charge is 2.41. The van der Waals surface area contributed by atoms with E-state index in [1.807, 2.05) is 0 Å². The number of anilines is 3. The van der Waals surface area contributed by atoms with E-state index in [2.05, 4.69) is 103 Å². The van der Waals surface area contributed by atoms with Gasteiger partial charge >= 0.3 is 0 Å². The van der Waals surface area contributed by atoms with Gasteiger partial charge in [-0.1, -0.05) is 72.2 Å². The van der Waals surface area contributed by atoms with Crippen LogP contribution in [-0.4, -0.2) is 6.71 Å². The van der Waals surface area contributed by atoms with Crippen molar-refractivity contribution in [3.05, 3.63) is 96.6 Å². The van der Waals surface area contributed by atoms with Crippen LogP contribution >= 0.6 is 0 Å². The summed E-state index contributed by atoms with van der Waals surface area (Å²) in [5.41, 5.74) is 12.1. The van der Waals surface area contributed by atoms with Crippen molar-refractivity contribution < 1.29 is 0 Å². The number of aryl methyl sites for hydroxylation is 1. The molecule has 0 radical (unpaired) electrons. The van der Waals surface area contributed by atoms with Crippen LogP contribution in [0, 0.1) is 6.92 Å². The number of benzene rings is 4. The number of para-hydroxylation sites is 1. The van der Waals surface area contributed by atoms with E-state index in [0.717, 1.165) is 0 Å². The normalized spacial score (nSPS) is 13.2. The third-order valence-corrected chi connectivity index (χ3v) is 5.93. The molecule has 0 bridgehead atoms. The zero-order chi connectivity index (χ0) is 18.0. The maximum absolute atomic E-state index is 2.43. The molecule has 2 aliphatic rings.